The normalized spacial score (nSPS) is 11.6. The van der Waals surface area contributed by atoms with Gasteiger partial charge < -0.3 is 31.3 Å². The number of nitrogens with zero attached hydrogens (tertiary/aromatic N) is 1. The van der Waals surface area contributed by atoms with Gasteiger partial charge in [-0.3, -0.25) is 4.57 Å². The third-order valence-corrected chi connectivity index (χ3v) is 2.30. The van der Waals surface area contributed by atoms with Crippen molar-refractivity contribution in [3.8, 4) is 12.3 Å². The zero-order valence-electron chi connectivity index (χ0n) is 7.77. The minimum atomic E-state index is -3.87. The molecule has 0 bridgehead atoms. The summed E-state index contributed by atoms with van der Waals surface area (Å²) in [5, 5.41) is 0. The second kappa shape index (κ2) is 5.79. The van der Waals surface area contributed by atoms with Crippen LogP contribution in [-0.4, -0.2) is 47.6 Å². The maximum Gasteiger partial charge on any atom is 0.331 e. The molecule has 0 saturated carbocycles. The van der Waals surface area contributed by atoms with E-state index in [0.717, 1.165) is 0 Å². The van der Waals surface area contributed by atoms with Gasteiger partial charge >= 0.3 is 7.60 Å². The van der Waals surface area contributed by atoms with Crippen LogP contribution in [-0.2, 0) is 4.57 Å². The van der Waals surface area contributed by atoms with Crippen molar-refractivity contribution in [3.63, 3.8) is 0 Å². The highest BCUT2D eigenvalue weighted by Crippen LogP contribution is 2.34. The van der Waals surface area contributed by atoms with Gasteiger partial charge in [-0.2, -0.15) is 0 Å². The third kappa shape index (κ3) is 10.1. The third-order valence-electron chi connectivity index (χ3n) is 1.52. The molecule has 0 unspecified atom stereocenters. The quantitative estimate of drug-likeness (QED) is 0.323. The van der Waals surface area contributed by atoms with Gasteiger partial charge in [0.05, 0.1) is 26.8 Å². The average Bonchev–Trinajstić information content (AvgIpc) is 1.83. The molecule has 0 fully saturated rings. The summed E-state index contributed by atoms with van der Waals surface area (Å²) in [5.74, 6) is 2.46. The minimum absolute atomic E-state index is 0. The Hall–Kier alpha value is 0.150. The molecule has 0 heterocycles. The first-order chi connectivity index (χ1) is 5.27. The largest absolute Gasteiger partial charge is 1.00 e. The highest BCUT2D eigenvalue weighted by molar-refractivity contribution is 7.51. The van der Waals surface area contributed by atoms with Crippen LogP contribution in [0, 0.1) is 12.3 Å². The summed E-state index contributed by atoms with van der Waals surface area (Å²) in [6.07, 6.45) is 4.98. The van der Waals surface area contributed by atoms with Crippen molar-refractivity contribution >= 4 is 7.60 Å². The lowest BCUT2D eigenvalue weighted by Crippen LogP contribution is -3.00. The Morgan fingerprint density at radius 2 is 1.92 bits per heavy atom. The van der Waals surface area contributed by atoms with Gasteiger partial charge in [0.2, 0.25) is 0 Å². The van der Waals surface area contributed by atoms with Crippen molar-refractivity contribution in [3.05, 3.63) is 0 Å². The maximum atomic E-state index is 10.5. The molecule has 13 heavy (non-hydrogen) atoms. The molecule has 2 N–H and O–H groups in total. The molecule has 0 aromatic carbocycles. The molecule has 0 amide bonds. The van der Waals surface area contributed by atoms with Crippen LogP contribution in [0.1, 0.15) is 0 Å². The van der Waals surface area contributed by atoms with Crippen LogP contribution in [0.4, 0.5) is 0 Å². The minimum Gasteiger partial charge on any atom is -1.00 e. The first-order valence-corrected chi connectivity index (χ1v) is 5.37. The predicted molar refractivity (Wildman–Crippen MR) is 47.6 cm³/mol. The second-order valence-corrected chi connectivity index (χ2v) is 5.19. The molecule has 0 atom stereocenters. The van der Waals surface area contributed by atoms with Crippen molar-refractivity contribution < 1.29 is 35.8 Å². The predicted octanol–water partition coefficient (Wildman–Crippen LogP) is -3.12. The summed E-state index contributed by atoms with van der Waals surface area (Å²) in [6.45, 7) is 0.883. The van der Waals surface area contributed by atoms with E-state index in [2.05, 4.69) is 5.92 Å². The lowest BCUT2D eigenvalue weighted by molar-refractivity contribution is -0.880. The fraction of sp³-hybridized carbons (Fsp3) is 0.714. The Morgan fingerprint density at radius 3 is 2.23 bits per heavy atom. The lowest BCUT2D eigenvalue weighted by Gasteiger charge is -2.27. The number of halogens is 1. The van der Waals surface area contributed by atoms with E-state index < -0.39 is 7.60 Å². The molecule has 0 spiro atoms. The summed E-state index contributed by atoms with van der Waals surface area (Å²) in [7, 11) is -0.184. The van der Waals surface area contributed by atoms with E-state index in [4.69, 9.17) is 16.2 Å². The van der Waals surface area contributed by atoms with Crippen molar-refractivity contribution in [1.29, 1.82) is 0 Å². The molecule has 78 valence electrons. The standard InChI is InChI=1S/C7H14NO3P.BrH/c1-4-5-8(2,3)6-7-12(9,10)11;/h1H,5-7H2,2-3H3,(H-,9,10,11);1H. The Balaban J connectivity index is 0. The lowest BCUT2D eigenvalue weighted by atomic mass is 10.4. The van der Waals surface area contributed by atoms with Gasteiger partial charge in [-0.15, -0.1) is 6.42 Å². The Kier molecular flexibility index (Phi) is 6.96. The number of quaternary nitrogens is 1. The van der Waals surface area contributed by atoms with Crippen LogP contribution in [0.2, 0.25) is 0 Å². The van der Waals surface area contributed by atoms with Crippen LogP contribution in [0.3, 0.4) is 0 Å². The molecule has 0 aromatic heterocycles. The van der Waals surface area contributed by atoms with E-state index in [1.807, 2.05) is 14.1 Å². The van der Waals surface area contributed by atoms with Gasteiger partial charge in [0.15, 0.2) is 0 Å². The van der Waals surface area contributed by atoms with Crippen LogP contribution in [0.25, 0.3) is 0 Å². The number of hydrogen-bond donors (Lipinski definition) is 2. The first-order valence-electron chi connectivity index (χ1n) is 3.57. The van der Waals surface area contributed by atoms with Crippen molar-refractivity contribution in [2.24, 2.45) is 0 Å². The Bertz CT molecular complexity index is 230. The average molecular weight is 272 g/mol. The molecular weight excluding hydrogens is 257 g/mol. The highest BCUT2D eigenvalue weighted by Gasteiger charge is 2.20. The van der Waals surface area contributed by atoms with Gasteiger partial charge in [-0.1, -0.05) is 0 Å². The van der Waals surface area contributed by atoms with Gasteiger partial charge in [0.25, 0.3) is 0 Å². The molecule has 0 aliphatic carbocycles. The molecule has 0 aliphatic heterocycles. The van der Waals surface area contributed by atoms with E-state index in [-0.39, 0.29) is 23.1 Å². The Labute approximate surface area is 89.5 Å². The fourth-order valence-corrected chi connectivity index (χ4v) is 1.53. The van der Waals surface area contributed by atoms with Crippen LogP contribution in [0.15, 0.2) is 0 Å². The number of terminal acetylenes is 1. The summed E-state index contributed by atoms with van der Waals surface area (Å²) >= 11 is 0. The maximum absolute atomic E-state index is 10.5. The molecule has 6 heteroatoms. The van der Waals surface area contributed by atoms with Crippen LogP contribution in [0.5, 0.6) is 0 Å². The van der Waals surface area contributed by atoms with Gasteiger partial charge in [-0.05, 0) is 5.92 Å². The van der Waals surface area contributed by atoms with Crippen molar-refractivity contribution in [1.82, 2.24) is 0 Å². The molecule has 0 radical (unpaired) electrons. The molecule has 0 rings (SSSR count). The van der Waals surface area contributed by atoms with E-state index in [1.165, 1.54) is 0 Å². The molecule has 4 nitrogen and oxygen atoms in total. The van der Waals surface area contributed by atoms with Crippen molar-refractivity contribution in [2.75, 3.05) is 33.3 Å². The smallest absolute Gasteiger partial charge is 0.331 e. The molecule has 0 aromatic rings. The summed E-state index contributed by atoms with van der Waals surface area (Å²) in [5.41, 5.74) is 0. The number of rotatable bonds is 4. The molecule has 0 saturated heterocycles. The highest BCUT2D eigenvalue weighted by atomic mass is 79.9. The van der Waals surface area contributed by atoms with E-state index >= 15 is 0 Å². The van der Waals surface area contributed by atoms with Gasteiger partial charge in [0, 0.05) is 0 Å². The molecular formula is C7H15BrNO3P. The van der Waals surface area contributed by atoms with Gasteiger partial charge in [0.1, 0.15) is 6.54 Å². The summed E-state index contributed by atoms with van der Waals surface area (Å²) < 4.78 is 11.0. The zero-order valence-corrected chi connectivity index (χ0v) is 10.3. The summed E-state index contributed by atoms with van der Waals surface area (Å²) in [6, 6.07) is 0. The Morgan fingerprint density at radius 1 is 1.46 bits per heavy atom. The van der Waals surface area contributed by atoms with E-state index in [9.17, 15) is 4.57 Å². The topological polar surface area (TPSA) is 57.5 Å². The fourth-order valence-electron chi connectivity index (χ4n) is 0.727. The zero-order chi connectivity index (χ0) is 9.83. The monoisotopic (exact) mass is 271 g/mol. The second-order valence-electron chi connectivity index (χ2n) is 3.41. The van der Waals surface area contributed by atoms with E-state index in [0.29, 0.717) is 17.6 Å². The summed E-state index contributed by atoms with van der Waals surface area (Å²) in [4.78, 5) is 17.2. The van der Waals surface area contributed by atoms with Crippen LogP contribution >= 0.6 is 7.60 Å². The van der Waals surface area contributed by atoms with Crippen LogP contribution < -0.4 is 17.0 Å². The SMILES string of the molecule is C#CC[N+](C)(C)CCP(=O)(O)O.[Br-]. The number of hydrogen-bond acceptors (Lipinski definition) is 1. The molecule has 0 aliphatic rings. The first kappa shape index (κ1) is 15.6. The van der Waals surface area contributed by atoms with E-state index in [1.54, 1.807) is 0 Å². The van der Waals surface area contributed by atoms with Crippen molar-refractivity contribution in [2.45, 2.75) is 0 Å². The van der Waals surface area contributed by atoms with Gasteiger partial charge in [-0.25, -0.2) is 0 Å².